The summed E-state index contributed by atoms with van der Waals surface area (Å²) in [4.78, 5) is 37.5. The second kappa shape index (κ2) is 8.69. The number of hydrogen-bond acceptors (Lipinski definition) is 5. The Morgan fingerprint density at radius 3 is 2.91 bits per heavy atom. The lowest BCUT2D eigenvalue weighted by Gasteiger charge is -2.56. The van der Waals surface area contributed by atoms with Crippen LogP contribution in [-0.2, 0) is 29.6 Å². The zero-order valence-electron chi connectivity index (χ0n) is 19.0. The van der Waals surface area contributed by atoms with Gasteiger partial charge in [-0.25, -0.2) is 4.98 Å². The Labute approximate surface area is 188 Å². The molecule has 9 heteroatoms. The normalized spacial score (nSPS) is 27.9. The van der Waals surface area contributed by atoms with Crippen LogP contribution in [0.25, 0.3) is 0 Å². The maximum atomic E-state index is 13.7. The SMILES string of the molecule is CN(CCc1cn[nH]c1)C(=O)[C@H]1[C@H]2C[C@H](CN(Cc3nccn3C)C2)[C@@H]2CCCC(=O)N21. The van der Waals surface area contributed by atoms with Crippen LogP contribution < -0.4 is 0 Å². The van der Waals surface area contributed by atoms with Crippen molar-refractivity contribution < 1.29 is 9.59 Å². The number of aromatic amines is 1. The molecule has 5 rings (SSSR count). The number of nitrogens with one attached hydrogen (secondary N) is 1. The third-order valence-electron chi connectivity index (χ3n) is 7.62. The molecule has 2 aromatic rings. The molecule has 3 aliphatic rings. The van der Waals surface area contributed by atoms with Gasteiger partial charge < -0.3 is 14.4 Å². The number of aromatic nitrogens is 4. The molecule has 32 heavy (non-hydrogen) atoms. The van der Waals surface area contributed by atoms with Gasteiger partial charge in [0, 0.05) is 70.7 Å². The van der Waals surface area contributed by atoms with Gasteiger partial charge in [-0.2, -0.15) is 5.10 Å². The molecule has 1 N–H and O–H groups in total. The summed E-state index contributed by atoms with van der Waals surface area (Å²) >= 11 is 0. The van der Waals surface area contributed by atoms with E-state index in [1.54, 1.807) is 6.20 Å². The number of fused-ring (bicyclic) bond motifs is 4. The fraction of sp³-hybridized carbons (Fsp3) is 0.652. The molecule has 0 aliphatic carbocycles. The molecular formula is C23H33N7O2. The zero-order valence-corrected chi connectivity index (χ0v) is 19.0. The Kier molecular flexibility index (Phi) is 5.75. The van der Waals surface area contributed by atoms with Crippen LogP contribution in [0.5, 0.6) is 0 Å². The summed E-state index contributed by atoms with van der Waals surface area (Å²) < 4.78 is 2.06. The fourth-order valence-electron chi connectivity index (χ4n) is 6.00. The maximum absolute atomic E-state index is 13.7. The first-order valence-corrected chi connectivity index (χ1v) is 11.7. The van der Waals surface area contributed by atoms with Gasteiger partial charge in [0.05, 0.1) is 12.7 Å². The van der Waals surface area contributed by atoms with E-state index in [0.717, 1.165) is 56.7 Å². The van der Waals surface area contributed by atoms with E-state index in [1.807, 2.05) is 42.5 Å². The largest absolute Gasteiger partial charge is 0.344 e. The van der Waals surface area contributed by atoms with Gasteiger partial charge in [0.2, 0.25) is 11.8 Å². The lowest BCUT2D eigenvalue weighted by molar-refractivity contribution is -0.164. The van der Waals surface area contributed by atoms with Crippen molar-refractivity contribution in [2.45, 2.75) is 50.7 Å². The Hall–Kier alpha value is -2.68. The highest BCUT2D eigenvalue weighted by Gasteiger charge is 2.52. The van der Waals surface area contributed by atoms with E-state index < -0.39 is 0 Å². The third-order valence-corrected chi connectivity index (χ3v) is 7.62. The van der Waals surface area contributed by atoms with Crippen LogP contribution >= 0.6 is 0 Å². The predicted molar refractivity (Wildman–Crippen MR) is 118 cm³/mol. The minimum absolute atomic E-state index is 0.0797. The van der Waals surface area contributed by atoms with Crippen molar-refractivity contribution in [1.29, 1.82) is 0 Å². The fourth-order valence-corrected chi connectivity index (χ4v) is 6.00. The van der Waals surface area contributed by atoms with Gasteiger partial charge in [-0.1, -0.05) is 0 Å². The zero-order chi connectivity index (χ0) is 22.2. The Balaban J connectivity index is 1.36. The first-order valence-electron chi connectivity index (χ1n) is 11.7. The van der Waals surface area contributed by atoms with Crippen LogP contribution in [0, 0.1) is 11.8 Å². The summed E-state index contributed by atoms with van der Waals surface area (Å²) in [5.41, 5.74) is 1.08. The number of rotatable bonds is 6. The number of imidazole rings is 1. The van der Waals surface area contributed by atoms with E-state index >= 15 is 0 Å². The molecule has 172 valence electrons. The van der Waals surface area contributed by atoms with Crippen LogP contribution in [0.4, 0.5) is 0 Å². The van der Waals surface area contributed by atoms with E-state index in [0.29, 0.717) is 18.9 Å². The average Bonchev–Trinajstić information content (AvgIpc) is 3.44. The van der Waals surface area contributed by atoms with Gasteiger partial charge in [0.15, 0.2) is 0 Å². The molecule has 2 amide bonds. The van der Waals surface area contributed by atoms with Crippen LogP contribution in [0.1, 0.15) is 37.1 Å². The molecule has 0 saturated carbocycles. The molecule has 2 aromatic heterocycles. The number of aryl methyl sites for hydroxylation is 1. The minimum Gasteiger partial charge on any atom is -0.344 e. The molecule has 0 radical (unpaired) electrons. The summed E-state index contributed by atoms with van der Waals surface area (Å²) in [6.45, 7) is 3.20. The molecule has 2 bridgehead atoms. The van der Waals surface area contributed by atoms with Crippen molar-refractivity contribution >= 4 is 11.8 Å². The summed E-state index contributed by atoms with van der Waals surface area (Å²) in [7, 11) is 3.89. The first-order chi connectivity index (χ1) is 15.5. The van der Waals surface area contributed by atoms with Crippen molar-refractivity contribution in [1.82, 2.24) is 34.4 Å². The van der Waals surface area contributed by atoms with Gasteiger partial charge in [0.1, 0.15) is 11.9 Å². The number of likely N-dealkylation sites (tertiary alicyclic amines) is 1. The molecule has 9 nitrogen and oxygen atoms in total. The highest BCUT2D eigenvalue weighted by atomic mass is 16.2. The standard InChI is InChI=1S/C23H33N7O2/c1-27-9-7-24-20(27)15-29-13-17-10-18(14-29)22(30-19(17)4-3-5-21(30)31)23(32)28(2)8-6-16-11-25-26-12-16/h7,9,11-12,17-19,22H,3-6,8,10,13-15H2,1-2H3,(H,25,26)/t17-,18+,19+,22-/m1/s1. The maximum Gasteiger partial charge on any atom is 0.245 e. The molecular weight excluding hydrogens is 406 g/mol. The lowest BCUT2D eigenvalue weighted by atomic mass is 9.71. The Morgan fingerprint density at radius 2 is 2.16 bits per heavy atom. The summed E-state index contributed by atoms with van der Waals surface area (Å²) in [6, 6.07) is -0.185. The smallest absolute Gasteiger partial charge is 0.245 e. The number of likely N-dealkylation sites (N-methyl/N-ethyl adjacent to an activating group) is 1. The molecule has 3 fully saturated rings. The van der Waals surface area contributed by atoms with Crippen molar-refractivity contribution in [2.75, 3.05) is 26.7 Å². The highest BCUT2D eigenvalue weighted by Crippen LogP contribution is 2.42. The predicted octanol–water partition coefficient (Wildman–Crippen LogP) is 1.05. The summed E-state index contributed by atoms with van der Waals surface area (Å²) in [5, 5.41) is 6.82. The van der Waals surface area contributed by atoms with E-state index in [2.05, 4.69) is 24.6 Å². The highest BCUT2D eigenvalue weighted by molar-refractivity contribution is 5.89. The monoisotopic (exact) mass is 439 g/mol. The number of carbonyl (C=O) groups excluding carboxylic acids is 2. The topological polar surface area (TPSA) is 90.4 Å². The molecule has 3 aliphatic heterocycles. The van der Waals surface area contributed by atoms with E-state index in [1.165, 1.54) is 0 Å². The number of H-pyrrole nitrogens is 1. The molecule has 5 heterocycles. The van der Waals surface area contributed by atoms with Crippen LogP contribution in [-0.4, -0.2) is 85.0 Å². The van der Waals surface area contributed by atoms with E-state index in [-0.39, 0.29) is 29.8 Å². The van der Waals surface area contributed by atoms with Gasteiger partial charge >= 0.3 is 0 Å². The van der Waals surface area contributed by atoms with Gasteiger partial charge in [-0.3, -0.25) is 19.6 Å². The van der Waals surface area contributed by atoms with Crippen molar-refractivity contribution in [3.8, 4) is 0 Å². The van der Waals surface area contributed by atoms with Crippen LogP contribution in [0.2, 0.25) is 0 Å². The number of hydrogen-bond donors (Lipinski definition) is 1. The van der Waals surface area contributed by atoms with E-state index in [9.17, 15) is 9.59 Å². The number of nitrogens with zero attached hydrogens (tertiary/aromatic N) is 6. The average molecular weight is 440 g/mol. The molecule has 4 atom stereocenters. The van der Waals surface area contributed by atoms with Crippen molar-refractivity contribution in [3.05, 3.63) is 36.2 Å². The Morgan fingerprint density at radius 1 is 1.31 bits per heavy atom. The second-order valence-electron chi connectivity index (χ2n) is 9.73. The quantitative estimate of drug-likeness (QED) is 0.727. The van der Waals surface area contributed by atoms with Crippen LogP contribution in [0.3, 0.4) is 0 Å². The van der Waals surface area contributed by atoms with Gasteiger partial charge in [0.25, 0.3) is 0 Å². The minimum atomic E-state index is -0.359. The molecule has 0 unspecified atom stereocenters. The van der Waals surface area contributed by atoms with Gasteiger partial charge in [-0.05, 0) is 37.2 Å². The molecule has 3 saturated heterocycles. The van der Waals surface area contributed by atoms with E-state index in [4.69, 9.17) is 0 Å². The number of piperidine rings is 3. The number of amides is 2. The first kappa shape index (κ1) is 21.2. The van der Waals surface area contributed by atoms with Crippen molar-refractivity contribution in [3.63, 3.8) is 0 Å². The second-order valence-corrected chi connectivity index (χ2v) is 9.73. The van der Waals surface area contributed by atoms with Crippen molar-refractivity contribution in [2.24, 2.45) is 18.9 Å². The third kappa shape index (κ3) is 3.94. The van der Waals surface area contributed by atoms with Gasteiger partial charge in [-0.15, -0.1) is 0 Å². The summed E-state index contributed by atoms with van der Waals surface area (Å²) in [6.07, 6.45) is 11.7. The van der Waals surface area contributed by atoms with Crippen LogP contribution in [0.15, 0.2) is 24.8 Å². The summed E-state index contributed by atoms with van der Waals surface area (Å²) in [5.74, 6) is 1.88. The Bertz CT molecular complexity index is 955. The molecule has 0 spiro atoms. The molecule has 0 aromatic carbocycles. The lowest BCUT2D eigenvalue weighted by Crippen LogP contribution is -2.68. The number of carbonyl (C=O) groups is 2.